The van der Waals surface area contributed by atoms with Gasteiger partial charge in [-0.2, -0.15) is 4.98 Å². The van der Waals surface area contributed by atoms with E-state index in [1.165, 1.54) is 0 Å². The molecule has 1 aliphatic heterocycles. The van der Waals surface area contributed by atoms with Crippen LogP contribution in [0.25, 0.3) is 0 Å². The van der Waals surface area contributed by atoms with Crippen LogP contribution in [-0.4, -0.2) is 54.1 Å². The zero-order valence-electron chi connectivity index (χ0n) is 11.8. The Balaban J connectivity index is 2.07. The van der Waals surface area contributed by atoms with E-state index in [0.29, 0.717) is 12.0 Å². The molecule has 1 aromatic heterocycles. The van der Waals surface area contributed by atoms with E-state index in [1.807, 2.05) is 14.0 Å². The van der Waals surface area contributed by atoms with E-state index in [-0.39, 0.29) is 0 Å². The van der Waals surface area contributed by atoms with Gasteiger partial charge >= 0.3 is 0 Å². The molecule has 18 heavy (non-hydrogen) atoms. The number of hydrogen-bond acceptors (Lipinski definition) is 5. The van der Waals surface area contributed by atoms with Crippen molar-refractivity contribution in [1.82, 2.24) is 14.9 Å². The highest BCUT2D eigenvalue weighted by atomic mass is 15.3. The van der Waals surface area contributed by atoms with Crippen LogP contribution in [0.1, 0.15) is 19.5 Å². The summed E-state index contributed by atoms with van der Waals surface area (Å²) in [6, 6.07) is 2.69. The molecule has 100 valence electrons. The molecule has 0 atom stereocenters. The first-order valence-electron chi connectivity index (χ1n) is 6.62. The molecule has 1 fully saturated rings. The van der Waals surface area contributed by atoms with E-state index >= 15 is 0 Å². The summed E-state index contributed by atoms with van der Waals surface area (Å²) in [6.07, 6.45) is 0. The Morgan fingerprint density at radius 1 is 1.17 bits per heavy atom. The lowest BCUT2D eigenvalue weighted by atomic mass is 10.2. The van der Waals surface area contributed by atoms with Gasteiger partial charge in [0.15, 0.2) is 0 Å². The molecule has 0 radical (unpaired) electrons. The van der Waals surface area contributed by atoms with Gasteiger partial charge in [0.1, 0.15) is 5.82 Å². The molecule has 0 aromatic carbocycles. The van der Waals surface area contributed by atoms with E-state index in [1.54, 1.807) is 0 Å². The predicted octanol–water partition coefficient (Wildman–Crippen LogP) is 1.36. The summed E-state index contributed by atoms with van der Waals surface area (Å²) in [5, 5.41) is 3.01. The fraction of sp³-hybridized carbons (Fsp3) is 0.692. The highest BCUT2D eigenvalue weighted by molar-refractivity contribution is 5.45. The van der Waals surface area contributed by atoms with Crippen LogP contribution < -0.4 is 10.2 Å². The van der Waals surface area contributed by atoms with Crippen LogP contribution in [0.2, 0.25) is 0 Å². The number of rotatable bonds is 3. The van der Waals surface area contributed by atoms with E-state index < -0.39 is 0 Å². The first kappa shape index (κ1) is 13.1. The number of aryl methyl sites for hydroxylation is 1. The highest BCUT2D eigenvalue weighted by Crippen LogP contribution is 2.17. The lowest BCUT2D eigenvalue weighted by molar-refractivity contribution is 0.209. The molecule has 0 spiro atoms. The smallest absolute Gasteiger partial charge is 0.224 e. The molecule has 1 saturated heterocycles. The monoisotopic (exact) mass is 249 g/mol. The summed E-state index contributed by atoms with van der Waals surface area (Å²) in [5.41, 5.74) is 1.01. The summed E-state index contributed by atoms with van der Waals surface area (Å²) >= 11 is 0. The van der Waals surface area contributed by atoms with Crippen LogP contribution in [0.3, 0.4) is 0 Å². The predicted molar refractivity (Wildman–Crippen MR) is 75.2 cm³/mol. The van der Waals surface area contributed by atoms with E-state index in [9.17, 15) is 0 Å². The molecule has 1 N–H and O–H groups in total. The summed E-state index contributed by atoms with van der Waals surface area (Å²) < 4.78 is 0. The number of hydrogen-bond donors (Lipinski definition) is 1. The van der Waals surface area contributed by atoms with Crippen LogP contribution in [0, 0.1) is 6.92 Å². The Morgan fingerprint density at radius 2 is 1.83 bits per heavy atom. The van der Waals surface area contributed by atoms with Crippen LogP contribution in [0.15, 0.2) is 6.07 Å². The third-order valence-corrected chi connectivity index (χ3v) is 3.43. The molecule has 1 aromatic rings. The van der Waals surface area contributed by atoms with Crippen LogP contribution in [0.5, 0.6) is 0 Å². The van der Waals surface area contributed by atoms with Gasteiger partial charge in [-0.1, -0.05) is 0 Å². The maximum absolute atomic E-state index is 4.53. The van der Waals surface area contributed by atoms with Crippen molar-refractivity contribution in [2.24, 2.45) is 0 Å². The van der Waals surface area contributed by atoms with Gasteiger partial charge in [0.05, 0.1) is 0 Å². The first-order valence-corrected chi connectivity index (χ1v) is 6.62. The first-order chi connectivity index (χ1) is 8.60. The number of nitrogens with zero attached hydrogens (tertiary/aromatic N) is 4. The Hall–Kier alpha value is -1.36. The minimum atomic E-state index is 0.632. The van der Waals surface area contributed by atoms with Crippen LogP contribution >= 0.6 is 0 Å². The van der Waals surface area contributed by atoms with Crippen molar-refractivity contribution in [3.63, 3.8) is 0 Å². The second-order valence-corrected chi connectivity index (χ2v) is 5.06. The van der Waals surface area contributed by atoms with Gasteiger partial charge in [-0.3, -0.25) is 4.90 Å². The second kappa shape index (κ2) is 5.52. The highest BCUT2D eigenvalue weighted by Gasteiger charge is 2.20. The largest absolute Gasteiger partial charge is 0.357 e. The van der Waals surface area contributed by atoms with Crippen molar-refractivity contribution in [3.05, 3.63) is 11.8 Å². The molecule has 5 nitrogen and oxygen atoms in total. The third-order valence-electron chi connectivity index (χ3n) is 3.43. The third kappa shape index (κ3) is 2.90. The number of piperazine rings is 1. The molecule has 5 heteroatoms. The molecule has 2 rings (SSSR count). The normalized spacial score (nSPS) is 17.3. The minimum absolute atomic E-state index is 0.632. The number of anilines is 2. The van der Waals surface area contributed by atoms with Crippen molar-refractivity contribution < 1.29 is 0 Å². The number of aromatic nitrogens is 2. The van der Waals surface area contributed by atoms with E-state index in [0.717, 1.165) is 37.7 Å². The van der Waals surface area contributed by atoms with Crippen molar-refractivity contribution in [3.8, 4) is 0 Å². The van der Waals surface area contributed by atoms with Crippen LogP contribution in [-0.2, 0) is 0 Å². The Labute approximate surface area is 109 Å². The molecule has 2 heterocycles. The van der Waals surface area contributed by atoms with Gasteiger partial charge in [0.25, 0.3) is 0 Å². The average molecular weight is 249 g/mol. The summed E-state index contributed by atoms with van der Waals surface area (Å²) in [7, 11) is 1.86. The SMILES string of the molecule is CNc1nc(C)cc(N2CCN(C(C)C)CC2)n1. The van der Waals surface area contributed by atoms with Gasteiger partial charge in [0.2, 0.25) is 5.95 Å². The van der Waals surface area contributed by atoms with Crippen molar-refractivity contribution in [2.75, 3.05) is 43.4 Å². The van der Waals surface area contributed by atoms with Crippen molar-refractivity contribution in [2.45, 2.75) is 26.8 Å². The Morgan fingerprint density at radius 3 is 2.39 bits per heavy atom. The van der Waals surface area contributed by atoms with Crippen molar-refractivity contribution in [1.29, 1.82) is 0 Å². The fourth-order valence-electron chi connectivity index (χ4n) is 2.29. The standard InChI is InChI=1S/C13H23N5/c1-10(2)17-5-7-18(8-6-17)12-9-11(3)15-13(14-4)16-12/h9-10H,5-8H2,1-4H3,(H,14,15,16). The summed E-state index contributed by atoms with van der Waals surface area (Å²) in [5.74, 6) is 1.74. The lowest BCUT2D eigenvalue weighted by Crippen LogP contribution is -2.49. The fourth-order valence-corrected chi connectivity index (χ4v) is 2.29. The van der Waals surface area contributed by atoms with Gasteiger partial charge in [0, 0.05) is 51.0 Å². The summed E-state index contributed by atoms with van der Waals surface area (Å²) in [4.78, 5) is 13.7. The zero-order valence-corrected chi connectivity index (χ0v) is 11.8. The molecule has 0 unspecified atom stereocenters. The molecule has 0 saturated carbocycles. The van der Waals surface area contributed by atoms with Crippen LogP contribution in [0.4, 0.5) is 11.8 Å². The van der Waals surface area contributed by atoms with E-state index in [4.69, 9.17) is 0 Å². The van der Waals surface area contributed by atoms with Gasteiger partial charge in [-0.15, -0.1) is 0 Å². The topological polar surface area (TPSA) is 44.3 Å². The quantitative estimate of drug-likeness (QED) is 0.876. The molecule has 0 bridgehead atoms. The molecule has 1 aliphatic rings. The number of nitrogens with one attached hydrogen (secondary N) is 1. The Kier molecular flexibility index (Phi) is 4.01. The molecule has 0 amide bonds. The average Bonchev–Trinajstić information content (AvgIpc) is 2.38. The van der Waals surface area contributed by atoms with Gasteiger partial charge in [-0.05, 0) is 20.8 Å². The second-order valence-electron chi connectivity index (χ2n) is 5.06. The van der Waals surface area contributed by atoms with E-state index in [2.05, 4.69) is 45.0 Å². The molecule has 0 aliphatic carbocycles. The zero-order chi connectivity index (χ0) is 13.1. The molecular formula is C13H23N5. The summed E-state index contributed by atoms with van der Waals surface area (Å²) in [6.45, 7) is 10.8. The lowest BCUT2D eigenvalue weighted by Gasteiger charge is -2.37. The maximum atomic E-state index is 4.53. The van der Waals surface area contributed by atoms with Gasteiger partial charge < -0.3 is 10.2 Å². The molecular weight excluding hydrogens is 226 g/mol. The van der Waals surface area contributed by atoms with Gasteiger partial charge in [-0.25, -0.2) is 4.98 Å². The maximum Gasteiger partial charge on any atom is 0.224 e. The van der Waals surface area contributed by atoms with Crippen molar-refractivity contribution >= 4 is 11.8 Å². The minimum Gasteiger partial charge on any atom is -0.357 e. The Bertz CT molecular complexity index is 396.